The Morgan fingerprint density at radius 1 is 1.14 bits per heavy atom. The Bertz CT molecular complexity index is 1140. The number of benzene rings is 1. The summed E-state index contributed by atoms with van der Waals surface area (Å²) in [5.74, 6) is -0.185. The van der Waals surface area contributed by atoms with E-state index in [1.54, 1.807) is 26.2 Å². The molecular weight excluding hydrogens is 509 g/mol. The zero-order valence-corrected chi connectivity index (χ0v) is 21.4. The number of piperidine rings is 1. The predicted molar refractivity (Wildman–Crippen MR) is 133 cm³/mol. The number of halogens is 4. The van der Waals surface area contributed by atoms with Crippen molar-refractivity contribution in [3.05, 3.63) is 58.7 Å². The van der Waals surface area contributed by atoms with Gasteiger partial charge in [-0.1, -0.05) is 41.9 Å². The van der Waals surface area contributed by atoms with Crippen molar-refractivity contribution in [2.45, 2.75) is 31.0 Å². The average Bonchev–Trinajstić information content (AvgIpc) is 3.66. The number of carbonyl (C=O) groups is 2. The van der Waals surface area contributed by atoms with E-state index in [0.717, 1.165) is 44.5 Å². The molecule has 2 amide bonds. The lowest BCUT2D eigenvalue weighted by molar-refractivity contribution is -0.257. The summed E-state index contributed by atoms with van der Waals surface area (Å²) in [4.78, 5) is 32.6. The van der Waals surface area contributed by atoms with Crippen molar-refractivity contribution in [2.24, 2.45) is 17.8 Å². The number of hydrogen-bond acceptors (Lipinski definition) is 5. The quantitative estimate of drug-likeness (QED) is 0.523. The van der Waals surface area contributed by atoms with Gasteiger partial charge in [0, 0.05) is 39.3 Å². The standard InChI is InChI=1S/C26H30ClF3N4O3/c1-33(2)23(35)19-8-9-21(32-22(19)27)34-12-10-16(11-13-34)20-14-17(20)15-31-24(36)25(37,26(28,29)30)18-6-4-3-5-7-18/h3-9,16-17,20,37H,10-15H2,1-2H3,(H,31,36)/t17-,20+,25+/m0/s1. The van der Waals surface area contributed by atoms with Gasteiger partial charge in [0.05, 0.1) is 5.56 Å². The topological polar surface area (TPSA) is 85.8 Å². The molecule has 0 spiro atoms. The molecule has 2 fully saturated rings. The molecule has 7 nitrogen and oxygen atoms in total. The van der Waals surface area contributed by atoms with E-state index in [9.17, 15) is 27.9 Å². The molecule has 1 aromatic carbocycles. The summed E-state index contributed by atoms with van der Waals surface area (Å²) in [6.45, 7) is 1.58. The Balaban J connectivity index is 1.29. The lowest BCUT2D eigenvalue weighted by Crippen LogP contribution is -2.54. The molecule has 0 radical (unpaired) electrons. The Hall–Kier alpha value is -2.85. The largest absolute Gasteiger partial charge is 0.430 e. The monoisotopic (exact) mass is 538 g/mol. The Labute approximate surface area is 218 Å². The number of rotatable bonds is 7. The molecule has 1 aromatic heterocycles. The molecule has 2 aliphatic rings. The van der Waals surface area contributed by atoms with Crippen molar-refractivity contribution in [3.8, 4) is 0 Å². The third-order valence-corrected chi connectivity index (χ3v) is 7.66. The van der Waals surface area contributed by atoms with E-state index in [-0.39, 0.29) is 23.5 Å². The molecule has 2 heterocycles. The third-order valence-electron chi connectivity index (χ3n) is 7.37. The Morgan fingerprint density at radius 3 is 2.35 bits per heavy atom. The molecule has 1 saturated heterocycles. The maximum atomic E-state index is 13.7. The number of anilines is 1. The first-order chi connectivity index (χ1) is 17.4. The van der Waals surface area contributed by atoms with E-state index in [1.807, 2.05) is 0 Å². The molecule has 0 unspecified atom stereocenters. The van der Waals surface area contributed by atoms with Crippen molar-refractivity contribution >= 4 is 29.2 Å². The molecule has 2 N–H and O–H groups in total. The van der Waals surface area contributed by atoms with Gasteiger partial charge in [0.25, 0.3) is 17.4 Å². The van der Waals surface area contributed by atoms with Crippen LogP contribution in [0.15, 0.2) is 42.5 Å². The highest BCUT2D eigenvalue weighted by Gasteiger charge is 2.61. The van der Waals surface area contributed by atoms with Gasteiger partial charge < -0.3 is 20.2 Å². The molecule has 37 heavy (non-hydrogen) atoms. The smallest absolute Gasteiger partial charge is 0.369 e. The zero-order chi connectivity index (χ0) is 27.0. The van der Waals surface area contributed by atoms with Crippen LogP contribution in [0.5, 0.6) is 0 Å². The van der Waals surface area contributed by atoms with E-state index in [2.05, 4.69) is 15.2 Å². The normalized spacial score (nSPS) is 21.8. The van der Waals surface area contributed by atoms with Gasteiger partial charge in [0.1, 0.15) is 11.0 Å². The van der Waals surface area contributed by atoms with Crippen LogP contribution in [0.4, 0.5) is 19.0 Å². The van der Waals surface area contributed by atoms with E-state index < -0.39 is 23.2 Å². The van der Waals surface area contributed by atoms with Crippen LogP contribution in [0.2, 0.25) is 5.15 Å². The molecule has 200 valence electrons. The Kier molecular flexibility index (Phi) is 7.71. The van der Waals surface area contributed by atoms with Crippen LogP contribution < -0.4 is 10.2 Å². The number of aromatic nitrogens is 1. The molecule has 1 aliphatic carbocycles. The van der Waals surface area contributed by atoms with E-state index >= 15 is 0 Å². The second kappa shape index (κ2) is 10.5. The van der Waals surface area contributed by atoms with Crippen molar-refractivity contribution in [3.63, 3.8) is 0 Å². The first kappa shape index (κ1) is 27.2. The SMILES string of the molecule is CN(C)C(=O)c1ccc(N2CCC([C@H]3C[C@H]3CNC(=O)[C@](O)(c3ccccc3)C(F)(F)F)CC2)nc1Cl. The lowest BCUT2D eigenvalue weighted by Gasteiger charge is -2.33. The highest BCUT2D eigenvalue weighted by Crippen LogP contribution is 2.48. The summed E-state index contributed by atoms with van der Waals surface area (Å²) in [7, 11) is 3.29. The van der Waals surface area contributed by atoms with Crippen LogP contribution >= 0.6 is 11.6 Å². The molecule has 11 heteroatoms. The first-order valence-electron chi connectivity index (χ1n) is 12.2. The number of amides is 2. The molecule has 0 bridgehead atoms. The van der Waals surface area contributed by atoms with Crippen LogP contribution in [0, 0.1) is 17.8 Å². The number of aliphatic hydroxyl groups is 1. The van der Waals surface area contributed by atoms with Gasteiger partial charge in [0.15, 0.2) is 0 Å². The minimum absolute atomic E-state index is 0.0812. The highest BCUT2D eigenvalue weighted by atomic mass is 35.5. The average molecular weight is 539 g/mol. The fourth-order valence-electron chi connectivity index (χ4n) is 5.10. The summed E-state index contributed by atoms with van der Waals surface area (Å²) < 4.78 is 41.1. The van der Waals surface area contributed by atoms with Gasteiger partial charge in [-0.25, -0.2) is 4.98 Å². The minimum Gasteiger partial charge on any atom is -0.369 e. The van der Waals surface area contributed by atoms with Gasteiger partial charge in [-0.15, -0.1) is 0 Å². The summed E-state index contributed by atoms with van der Waals surface area (Å²) in [6.07, 6.45) is -2.57. The molecular formula is C26H30ClF3N4O3. The number of nitrogens with one attached hydrogen (secondary N) is 1. The molecule has 2 aromatic rings. The predicted octanol–water partition coefficient (Wildman–Crippen LogP) is 3.86. The van der Waals surface area contributed by atoms with E-state index in [0.29, 0.717) is 23.2 Å². The van der Waals surface area contributed by atoms with Gasteiger partial charge in [-0.2, -0.15) is 13.2 Å². The third kappa shape index (κ3) is 5.55. The summed E-state index contributed by atoms with van der Waals surface area (Å²) in [5.41, 5.74) is -3.75. The summed E-state index contributed by atoms with van der Waals surface area (Å²) >= 11 is 6.25. The number of pyridine rings is 1. The van der Waals surface area contributed by atoms with Crippen LogP contribution in [0.25, 0.3) is 0 Å². The fourth-order valence-corrected chi connectivity index (χ4v) is 5.33. The Morgan fingerprint density at radius 2 is 1.78 bits per heavy atom. The van der Waals surface area contributed by atoms with Gasteiger partial charge in [-0.05, 0) is 49.1 Å². The number of carbonyl (C=O) groups excluding carboxylic acids is 2. The molecule has 1 aliphatic heterocycles. The van der Waals surface area contributed by atoms with E-state index in [4.69, 9.17) is 11.6 Å². The second-order valence-electron chi connectivity index (χ2n) is 9.98. The van der Waals surface area contributed by atoms with Crippen LogP contribution in [0.3, 0.4) is 0 Å². The molecule has 1 saturated carbocycles. The van der Waals surface area contributed by atoms with Crippen molar-refractivity contribution < 1.29 is 27.9 Å². The van der Waals surface area contributed by atoms with Crippen LogP contribution in [0.1, 0.15) is 35.2 Å². The van der Waals surface area contributed by atoms with Crippen LogP contribution in [-0.2, 0) is 10.4 Å². The summed E-state index contributed by atoms with van der Waals surface area (Å²) in [5, 5.41) is 12.9. The van der Waals surface area contributed by atoms with Crippen LogP contribution in [-0.4, -0.2) is 66.7 Å². The van der Waals surface area contributed by atoms with Crippen molar-refractivity contribution in [2.75, 3.05) is 38.6 Å². The van der Waals surface area contributed by atoms with E-state index in [1.165, 1.54) is 23.1 Å². The lowest BCUT2D eigenvalue weighted by atomic mass is 9.90. The van der Waals surface area contributed by atoms with Gasteiger partial charge >= 0.3 is 6.18 Å². The van der Waals surface area contributed by atoms with Gasteiger partial charge in [-0.3, -0.25) is 9.59 Å². The molecule has 3 atom stereocenters. The van der Waals surface area contributed by atoms with Gasteiger partial charge in [0.2, 0.25) is 0 Å². The van der Waals surface area contributed by atoms with Crippen molar-refractivity contribution in [1.29, 1.82) is 0 Å². The summed E-state index contributed by atoms with van der Waals surface area (Å²) in [6, 6.07) is 9.87. The number of nitrogens with zero attached hydrogens (tertiary/aromatic N) is 3. The highest BCUT2D eigenvalue weighted by molar-refractivity contribution is 6.32. The van der Waals surface area contributed by atoms with Crippen molar-refractivity contribution in [1.82, 2.24) is 15.2 Å². The minimum atomic E-state index is -5.15. The first-order valence-corrected chi connectivity index (χ1v) is 12.6. The fraction of sp³-hybridized carbons (Fsp3) is 0.500. The maximum Gasteiger partial charge on any atom is 0.430 e. The zero-order valence-electron chi connectivity index (χ0n) is 20.6. The number of alkyl halides is 3. The maximum absolute atomic E-state index is 13.7. The molecule has 4 rings (SSSR count). The second-order valence-corrected chi connectivity index (χ2v) is 10.3. The number of hydrogen-bond donors (Lipinski definition) is 2.